The molecule has 1 saturated heterocycles. The monoisotopic (exact) mass is 264 g/mol. The van der Waals surface area contributed by atoms with E-state index < -0.39 is 0 Å². The summed E-state index contributed by atoms with van der Waals surface area (Å²) in [6.45, 7) is 12.4. The van der Waals surface area contributed by atoms with Gasteiger partial charge in [0.2, 0.25) is 0 Å². The van der Waals surface area contributed by atoms with Crippen molar-refractivity contribution in [3.63, 3.8) is 0 Å². The highest BCUT2D eigenvalue weighted by molar-refractivity contribution is 4.88. The molecule has 0 radical (unpaired) electrons. The Balaban J connectivity index is 1.73. The molecule has 2 rings (SSSR count). The molecule has 1 unspecified atom stereocenters. The Kier molecular flexibility index (Phi) is 5.40. The first kappa shape index (κ1) is 14.5. The zero-order chi connectivity index (χ0) is 13.7. The maximum absolute atomic E-state index is 4.28. The minimum atomic E-state index is 0.601. The Hall–Kier alpha value is -0.870. The van der Waals surface area contributed by atoms with E-state index in [1.165, 1.54) is 25.9 Å². The molecule has 1 fully saturated rings. The molecule has 1 atom stereocenters. The normalized spacial score (nSPS) is 21.2. The van der Waals surface area contributed by atoms with Crippen molar-refractivity contribution in [1.29, 1.82) is 0 Å². The second kappa shape index (κ2) is 7.06. The lowest BCUT2D eigenvalue weighted by molar-refractivity contribution is 0.165. The van der Waals surface area contributed by atoms with Crippen molar-refractivity contribution in [3.05, 3.63) is 18.2 Å². The van der Waals surface area contributed by atoms with Gasteiger partial charge in [0.15, 0.2) is 0 Å². The third-order valence-electron chi connectivity index (χ3n) is 4.00. The highest BCUT2D eigenvalue weighted by Gasteiger charge is 2.19. The average molecular weight is 264 g/mol. The number of hydrogen-bond acceptors (Lipinski definition) is 3. The predicted molar refractivity (Wildman–Crippen MR) is 79.3 cm³/mol. The van der Waals surface area contributed by atoms with Gasteiger partial charge >= 0.3 is 0 Å². The summed E-state index contributed by atoms with van der Waals surface area (Å²) < 4.78 is 2.25. The lowest BCUT2D eigenvalue weighted by Crippen LogP contribution is -2.42. The number of piperidine rings is 1. The van der Waals surface area contributed by atoms with Gasteiger partial charge in [-0.15, -0.1) is 0 Å². The van der Waals surface area contributed by atoms with Crippen LogP contribution in [-0.2, 0) is 6.54 Å². The first-order valence-electron chi connectivity index (χ1n) is 7.58. The second-order valence-corrected chi connectivity index (χ2v) is 6.04. The van der Waals surface area contributed by atoms with Crippen LogP contribution < -0.4 is 5.32 Å². The maximum atomic E-state index is 4.28. The summed E-state index contributed by atoms with van der Waals surface area (Å²) >= 11 is 0. The Morgan fingerprint density at radius 1 is 1.42 bits per heavy atom. The number of likely N-dealkylation sites (tertiary alicyclic amines) is 1. The van der Waals surface area contributed by atoms with Crippen LogP contribution in [-0.4, -0.2) is 46.7 Å². The van der Waals surface area contributed by atoms with Gasteiger partial charge in [-0.2, -0.15) is 0 Å². The van der Waals surface area contributed by atoms with Crippen molar-refractivity contribution in [2.45, 2.75) is 46.2 Å². The highest BCUT2D eigenvalue weighted by Crippen LogP contribution is 2.15. The molecule has 1 N–H and O–H groups in total. The summed E-state index contributed by atoms with van der Waals surface area (Å²) in [5.74, 6) is 1.94. The molecule has 1 aliphatic rings. The molecule has 0 aromatic carbocycles. The number of aromatic nitrogens is 2. The first-order valence-corrected chi connectivity index (χ1v) is 7.58. The predicted octanol–water partition coefficient (Wildman–Crippen LogP) is 1.90. The molecule has 0 amide bonds. The van der Waals surface area contributed by atoms with E-state index >= 15 is 0 Å². The van der Waals surface area contributed by atoms with Gasteiger partial charge in [-0.05, 0) is 38.8 Å². The summed E-state index contributed by atoms with van der Waals surface area (Å²) in [5, 5.41) is 3.57. The minimum Gasteiger partial charge on any atom is -0.334 e. The SMILES string of the molecule is Cc1nccn1CCN1CCCC(CNC(C)C)C1. The summed E-state index contributed by atoms with van der Waals surface area (Å²) in [4.78, 5) is 6.89. The van der Waals surface area contributed by atoms with Crippen molar-refractivity contribution in [3.8, 4) is 0 Å². The van der Waals surface area contributed by atoms with Gasteiger partial charge in [-0.25, -0.2) is 4.98 Å². The Morgan fingerprint density at radius 2 is 2.26 bits per heavy atom. The molecular formula is C15H28N4. The van der Waals surface area contributed by atoms with E-state index in [0.717, 1.165) is 31.4 Å². The summed E-state index contributed by atoms with van der Waals surface area (Å²) in [7, 11) is 0. The molecule has 1 aliphatic heterocycles. The standard InChI is InChI=1S/C15H28N4/c1-13(2)17-11-15-5-4-7-18(12-15)9-10-19-8-6-16-14(19)3/h6,8,13,15,17H,4-5,7,9-12H2,1-3H3. The Labute approximate surface area is 117 Å². The number of nitrogens with zero attached hydrogens (tertiary/aromatic N) is 3. The van der Waals surface area contributed by atoms with Crippen LogP contribution in [0.2, 0.25) is 0 Å². The number of rotatable bonds is 6. The van der Waals surface area contributed by atoms with Gasteiger partial charge in [-0.3, -0.25) is 0 Å². The minimum absolute atomic E-state index is 0.601. The van der Waals surface area contributed by atoms with Crippen LogP contribution in [0.5, 0.6) is 0 Å². The summed E-state index contributed by atoms with van der Waals surface area (Å²) in [6, 6.07) is 0.601. The third kappa shape index (κ3) is 4.62. The van der Waals surface area contributed by atoms with Crippen LogP contribution in [0.15, 0.2) is 12.4 Å². The molecule has 19 heavy (non-hydrogen) atoms. The average Bonchev–Trinajstić information content (AvgIpc) is 2.80. The van der Waals surface area contributed by atoms with Crippen LogP contribution >= 0.6 is 0 Å². The molecule has 0 saturated carbocycles. The fraction of sp³-hybridized carbons (Fsp3) is 0.800. The third-order valence-corrected chi connectivity index (χ3v) is 4.00. The quantitative estimate of drug-likeness (QED) is 0.852. The van der Waals surface area contributed by atoms with E-state index in [2.05, 4.69) is 46.7 Å². The fourth-order valence-electron chi connectivity index (χ4n) is 2.81. The summed E-state index contributed by atoms with van der Waals surface area (Å²) in [5.41, 5.74) is 0. The Morgan fingerprint density at radius 3 is 2.95 bits per heavy atom. The molecule has 2 heterocycles. The van der Waals surface area contributed by atoms with Crippen LogP contribution in [0.3, 0.4) is 0 Å². The van der Waals surface area contributed by atoms with Crippen LogP contribution in [0, 0.1) is 12.8 Å². The number of nitrogens with one attached hydrogen (secondary N) is 1. The highest BCUT2D eigenvalue weighted by atomic mass is 15.2. The summed E-state index contributed by atoms with van der Waals surface area (Å²) in [6.07, 6.45) is 6.69. The van der Waals surface area contributed by atoms with Gasteiger partial charge < -0.3 is 14.8 Å². The fourth-order valence-corrected chi connectivity index (χ4v) is 2.81. The Bertz CT molecular complexity index is 372. The van der Waals surface area contributed by atoms with E-state index in [0.29, 0.717) is 6.04 Å². The smallest absolute Gasteiger partial charge is 0.105 e. The van der Waals surface area contributed by atoms with Crippen molar-refractivity contribution >= 4 is 0 Å². The lowest BCUT2D eigenvalue weighted by atomic mass is 9.98. The van der Waals surface area contributed by atoms with Crippen molar-refractivity contribution in [2.75, 3.05) is 26.2 Å². The van der Waals surface area contributed by atoms with Crippen molar-refractivity contribution in [2.24, 2.45) is 5.92 Å². The molecular weight excluding hydrogens is 236 g/mol. The van der Waals surface area contributed by atoms with Crippen LogP contribution in [0.1, 0.15) is 32.5 Å². The van der Waals surface area contributed by atoms with Gasteiger partial charge in [0.05, 0.1) is 0 Å². The van der Waals surface area contributed by atoms with Gasteiger partial charge in [0, 0.05) is 38.1 Å². The van der Waals surface area contributed by atoms with E-state index in [1.807, 2.05) is 6.20 Å². The van der Waals surface area contributed by atoms with E-state index in [-0.39, 0.29) is 0 Å². The molecule has 0 spiro atoms. The molecule has 108 valence electrons. The van der Waals surface area contributed by atoms with Crippen molar-refractivity contribution in [1.82, 2.24) is 19.8 Å². The zero-order valence-corrected chi connectivity index (χ0v) is 12.6. The van der Waals surface area contributed by atoms with E-state index in [1.54, 1.807) is 0 Å². The molecule has 1 aromatic rings. The molecule has 1 aromatic heterocycles. The van der Waals surface area contributed by atoms with Gasteiger partial charge in [0.25, 0.3) is 0 Å². The van der Waals surface area contributed by atoms with Crippen molar-refractivity contribution < 1.29 is 0 Å². The van der Waals surface area contributed by atoms with E-state index in [9.17, 15) is 0 Å². The van der Waals surface area contributed by atoms with Crippen LogP contribution in [0.25, 0.3) is 0 Å². The number of hydrogen-bond donors (Lipinski definition) is 1. The van der Waals surface area contributed by atoms with Gasteiger partial charge in [0.1, 0.15) is 5.82 Å². The second-order valence-electron chi connectivity index (χ2n) is 6.04. The number of aryl methyl sites for hydroxylation is 1. The number of imidazole rings is 1. The van der Waals surface area contributed by atoms with Gasteiger partial charge in [-0.1, -0.05) is 13.8 Å². The largest absolute Gasteiger partial charge is 0.334 e. The molecule has 4 heteroatoms. The molecule has 4 nitrogen and oxygen atoms in total. The zero-order valence-electron chi connectivity index (χ0n) is 12.6. The topological polar surface area (TPSA) is 33.1 Å². The molecule has 0 bridgehead atoms. The molecule has 0 aliphatic carbocycles. The first-order chi connectivity index (χ1) is 9.15. The maximum Gasteiger partial charge on any atom is 0.105 e. The lowest BCUT2D eigenvalue weighted by Gasteiger charge is -2.33. The van der Waals surface area contributed by atoms with E-state index in [4.69, 9.17) is 0 Å². The van der Waals surface area contributed by atoms with Crippen LogP contribution in [0.4, 0.5) is 0 Å².